The van der Waals surface area contributed by atoms with Crippen molar-refractivity contribution in [2.75, 3.05) is 0 Å². The van der Waals surface area contributed by atoms with Crippen LogP contribution < -0.4 is 0 Å². The van der Waals surface area contributed by atoms with Gasteiger partial charge in [0.15, 0.2) is 0 Å². The van der Waals surface area contributed by atoms with Gasteiger partial charge in [-0.3, -0.25) is 0 Å². The highest BCUT2D eigenvalue weighted by molar-refractivity contribution is 6.11. The molecule has 2 aliphatic carbocycles. The number of hydrogen-bond acceptors (Lipinski definition) is 0. The molecule has 0 N–H and O–H groups in total. The lowest BCUT2D eigenvalue weighted by Crippen LogP contribution is -2.15. The van der Waals surface area contributed by atoms with Crippen LogP contribution in [0.1, 0.15) is 72.2 Å². The summed E-state index contributed by atoms with van der Waals surface area (Å²) in [6.45, 7) is 9.58. The van der Waals surface area contributed by atoms with Gasteiger partial charge in [-0.2, -0.15) is 0 Å². The first-order valence-corrected chi connectivity index (χ1v) is 28.1. The molecule has 0 amide bonds. The third-order valence-electron chi connectivity index (χ3n) is 18.0. The van der Waals surface area contributed by atoms with E-state index in [0.29, 0.717) is 0 Å². The van der Waals surface area contributed by atoms with E-state index in [-0.39, 0.29) is 10.8 Å². The van der Waals surface area contributed by atoms with E-state index < -0.39 is 0 Å². The van der Waals surface area contributed by atoms with Crippen molar-refractivity contribution >= 4 is 89.5 Å². The molecule has 0 spiro atoms. The molecule has 80 heavy (non-hydrogen) atoms. The summed E-state index contributed by atoms with van der Waals surface area (Å²) in [5.74, 6) is 0. The lowest BCUT2D eigenvalue weighted by molar-refractivity contribution is 0.659. The monoisotopic (exact) mass is 1020 g/mol. The first kappa shape index (κ1) is 46.3. The molecule has 0 saturated heterocycles. The van der Waals surface area contributed by atoms with Crippen LogP contribution in [0.3, 0.4) is 0 Å². The largest absolute Gasteiger partial charge is 0.309 e. The van der Waals surface area contributed by atoms with Gasteiger partial charge in [0.2, 0.25) is 0 Å². The van der Waals surface area contributed by atoms with E-state index in [2.05, 4.69) is 304 Å². The van der Waals surface area contributed by atoms with Crippen molar-refractivity contribution in [3.8, 4) is 44.8 Å². The molecule has 0 fully saturated rings. The molecule has 2 aromatic heterocycles. The topological polar surface area (TPSA) is 9.86 Å². The quantitative estimate of drug-likeness (QED) is 0.141. The molecule has 0 unspecified atom stereocenters. The summed E-state index contributed by atoms with van der Waals surface area (Å²) in [5, 5.41) is 10.0. The van der Waals surface area contributed by atoms with Crippen LogP contribution in [-0.4, -0.2) is 9.13 Å². The standard InChI is InChI=1S/C78H56N2/c1-77(2)69-43-51(23-21-49-27-39-75-67(41-49)65-17-9-11-19-73(65)79(75)59-33-29-53-13-5-7-15-55(53)45-59)25-35-61(69)63-37-31-57(47-71(63)77)58-32-38-64-62-36-26-52(44-70(62)78(3,4)72(64)48-58)24-22-50-28-40-76-68(42-50)66-18-10-12-20-74(66)80(76)60-34-30-54-14-6-8-16-56(54)46-60/h5-48H,1-4H3. The molecule has 378 valence electrons. The summed E-state index contributed by atoms with van der Waals surface area (Å²) in [6, 6.07) is 90.5. The summed E-state index contributed by atoms with van der Waals surface area (Å²) in [6.07, 6.45) is 9.12. The van der Waals surface area contributed by atoms with Gasteiger partial charge in [-0.15, -0.1) is 0 Å². The fourth-order valence-corrected chi connectivity index (χ4v) is 13.8. The lowest BCUT2D eigenvalue weighted by Gasteiger charge is -2.23. The number of nitrogens with zero attached hydrogens (tertiary/aromatic N) is 2. The second-order valence-corrected chi connectivity index (χ2v) is 23.4. The van der Waals surface area contributed by atoms with Crippen molar-refractivity contribution in [1.29, 1.82) is 0 Å². The minimum Gasteiger partial charge on any atom is -0.309 e. The number of benzene rings is 12. The van der Waals surface area contributed by atoms with Crippen molar-refractivity contribution in [3.63, 3.8) is 0 Å². The second-order valence-electron chi connectivity index (χ2n) is 23.4. The molecule has 0 radical (unpaired) electrons. The average molecular weight is 1020 g/mol. The van der Waals surface area contributed by atoms with Gasteiger partial charge in [0.05, 0.1) is 22.1 Å². The van der Waals surface area contributed by atoms with Gasteiger partial charge in [0.25, 0.3) is 0 Å². The van der Waals surface area contributed by atoms with E-state index in [1.165, 1.54) is 154 Å². The summed E-state index contributed by atoms with van der Waals surface area (Å²) in [4.78, 5) is 0. The molecular weight excluding hydrogens is 965 g/mol. The Morgan fingerprint density at radius 1 is 0.263 bits per heavy atom. The molecule has 12 aromatic carbocycles. The fraction of sp³-hybridized carbons (Fsp3) is 0.0769. The maximum Gasteiger partial charge on any atom is 0.0541 e. The van der Waals surface area contributed by atoms with E-state index in [1.807, 2.05) is 0 Å². The summed E-state index contributed by atoms with van der Waals surface area (Å²) in [5.41, 5.74) is 25.1. The lowest BCUT2D eigenvalue weighted by atomic mass is 9.80. The van der Waals surface area contributed by atoms with Gasteiger partial charge in [-0.1, -0.05) is 222 Å². The fourth-order valence-electron chi connectivity index (χ4n) is 13.8. The molecule has 0 aliphatic heterocycles. The molecule has 2 nitrogen and oxygen atoms in total. The van der Waals surface area contributed by atoms with Crippen LogP contribution in [0.4, 0.5) is 0 Å². The predicted molar refractivity (Wildman–Crippen MR) is 341 cm³/mol. The van der Waals surface area contributed by atoms with Crippen LogP contribution in [0.15, 0.2) is 243 Å². The van der Waals surface area contributed by atoms with E-state index in [9.17, 15) is 0 Å². The first-order valence-electron chi connectivity index (χ1n) is 28.1. The average Bonchev–Trinajstić information content (AvgIpc) is 4.18. The Morgan fingerprint density at radius 2 is 0.600 bits per heavy atom. The van der Waals surface area contributed by atoms with Gasteiger partial charge < -0.3 is 9.13 Å². The Hall–Kier alpha value is -9.76. The SMILES string of the molecule is CC1(C)c2cc(C=Cc3ccc4c(c3)c3ccccc3n4-c3ccc4ccccc4c3)ccc2-c2ccc(-c3ccc4c(c3)C(C)(C)c3cc(C=Cc5ccc6c(c5)c5ccccc5n6-c5ccc6ccccc6c5)ccc3-4)cc21. The molecule has 16 rings (SSSR count). The maximum atomic E-state index is 2.46. The number of rotatable bonds is 7. The van der Waals surface area contributed by atoms with Crippen LogP contribution in [0.2, 0.25) is 0 Å². The molecule has 2 heteroatoms. The predicted octanol–water partition coefficient (Wildman–Crippen LogP) is 20.8. The van der Waals surface area contributed by atoms with E-state index >= 15 is 0 Å². The van der Waals surface area contributed by atoms with Crippen molar-refractivity contribution in [2.24, 2.45) is 0 Å². The Balaban J connectivity index is 0.659. The van der Waals surface area contributed by atoms with Crippen LogP contribution >= 0.6 is 0 Å². The van der Waals surface area contributed by atoms with Crippen LogP contribution in [-0.2, 0) is 10.8 Å². The third kappa shape index (κ3) is 7.11. The molecular formula is C78H56N2. The minimum absolute atomic E-state index is 0.160. The molecule has 0 bridgehead atoms. The second kappa shape index (κ2) is 17.4. The highest BCUT2D eigenvalue weighted by Gasteiger charge is 2.38. The van der Waals surface area contributed by atoms with Crippen molar-refractivity contribution in [3.05, 3.63) is 287 Å². The number of hydrogen-bond donors (Lipinski definition) is 0. The highest BCUT2D eigenvalue weighted by atomic mass is 15.0. The van der Waals surface area contributed by atoms with Gasteiger partial charge in [-0.05, 0) is 172 Å². The molecule has 0 saturated carbocycles. The summed E-state index contributed by atoms with van der Waals surface area (Å²) in [7, 11) is 0. The molecule has 2 heterocycles. The van der Waals surface area contributed by atoms with Crippen molar-refractivity contribution < 1.29 is 0 Å². The number of para-hydroxylation sites is 2. The Kier molecular flexibility index (Phi) is 10.1. The van der Waals surface area contributed by atoms with E-state index in [0.717, 1.165) is 0 Å². The zero-order valence-corrected chi connectivity index (χ0v) is 45.3. The zero-order chi connectivity index (χ0) is 53.4. The van der Waals surface area contributed by atoms with E-state index in [1.54, 1.807) is 0 Å². The van der Waals surface area contributed by atoms with Crippen LogP contribution in [0.25, 0.3) is 134 Å². The molecule has 2 aliphatic rings. The van der Waals surface area contributed by atoms with Crippen LogP contribution in [0, 0.1) is 0 Å². The van der Waals surface area contributed by atoms with Gasteiger partial charge in [0.1, 0.15) is 0 Å². The first-order chi connectivity index (χ1) is 39.1. The highest BCUT2D eigenvalue weighted by Crippen LogP contribution is 2.53. The van der Waals surface area contributed by atoms with Gasteiger partial charge in [0, 0.05) is 43.7 Å². The van der Waals surface area contributed by atoms with Gasteiger partial charge in [-0.25, -0.2) is 0 Å². The van der Waals surface area contributed by atoms with Gasteiger partial charge >= 0.3 is 0 Å². The number of fused-ring (bicyclic) bond motifs is 14. The molecule has 14 aromatic rings. The Morgan fingerprint density at radius 3 is 1.04 bits per heavy atom. The third-order valence-corrected chi connectivity index (χ3v) is 18.0. The summed E-state index contributed by atoms with van der Waals surface area (Å²) >= 11 is 0. The maximum absolute atomic E-state index is 2.46. The normalized spacial score (nSPS) is 14.1. The summed E-state index contributed by atoms with van der Waals surface area (Å²) < 4.78 is 4.81. The number of aromatic nitrogens is 2. The smallest absolute Gasteiger partial charge is 0.0541 e. The minimum atomic E-state index is -0.160. The Bertz CT molecular complexity index is 4690. The van der Waals surface area contributed by atoms with Crippen molar-refractivity contribution in [1.82, 2.24) is 9.13 Å². The molecule has 0 atom stereocenters. The van der Waals surface area contributed by atoms with E-state index in [4.69, 9.17) is 0 Å². The van der Waals surface area contributed by atoms with Crippen molar-refractivity contribution in [2.45, 2.75) is 38.5 Å². The zero-order valence-electron chi connectivity index (χ0n) is 45.3. The Labute approximate surface area is 466 Å². The van der Waals surface area contributed by atoms with Crippen LogP contribution in [0.5, 0.6) is 0 Å².